The number of aromatic nitrogens is 1. The van der Waals surface area contributed by atoms with Crippen molar-refractivity contribution in [3.8, 4) is 0 Å². The first-order chi connectivity index (χ1) is 10.7. The fourth-order valence-corrected chi connectivity index (χ4v) is 3.03. The molecular formula is C17H23N3O2. The van der Waals surface area contributed by atoms with Gasteiger partial charge in [-0.25, -0.2) is 0 Å². The van der Waals surface area contributed by atoms with Crippen LogP contribution in [0.4, 0.5) is 0 Å². The van der Waals surface area contributed by atoms with Crippen molar-refractivity contribution in [1.82, 2.24) is 9.41 Å². The molecule has 2 atom stereocenters. The Bertz CT molecular complexity index is 630. The van der Waals surface area contributed by atoms with E-state index in [-0.39, 0.29) is 0 Å². The molecule has 0 radical (unpaired) electrons. The van der Waals surface area contributed by atoms with E-state index in [1.165, 1.54) is 0 Å². The number of methoxy groups -OCH3 is 1. The summed E-state index contributed by atoms with van der Waals surface area (Å²) >= 11 is 0. The van der Waals surface area contributed by atoms with Crippen LogP contribution in [0.25, 0.3) is 5.52 Å². The van der Waals surface area contributed by atoms with E-state index in [0.29, 0.717) is 18.4 Å². The van der Waals surface area contributed by atoms with Gasteiger partial charge in [0.25, 0.3) is 0 Å². The van der Waals surface area contributed by atoms with Gasteiger partial charge in [0.15, 0.2) is 0 Å². The molecule has 0 saturated carbocycles. The maximum atomic E-state index is 10.2. The van der Waals surface area contributed by atoms with Gasteiger partial charge in [0.2, 0.25) is 0 Å². The molecule has 118 valence electrons. The van der Waals surface area contributed by atoms with E-state index in [9.17, 15) is 5.11 Å². The van der Waals surface area contributed by atoms with Crippen molar-refractivity contribution in [3.05, 3.63) is 42.2 Å². The molecule has 1 aliphatic rings. The Morgan fingerprint density at radius 1 is 1.50 bits per heavy atom. The average Bonchev–Trinajstić information content (AvgIpc) is 3.10. The lowest BCUT2D eigenvalue weighted by atomic mass is 10.1. The molecule has 0 spiro atoms. The number of hydrogen-bond acceptors (Lipinski definition) is 4. The van der Waals surface area contributed by atoms with E-state index in [4.69, 9.17) is 9.84 Å². The van der Waals surface area contributed by atoms with Gasteiger partial charge in [-0.2, -0.15) is 5.10 Å². The zero-order valence-electron chi connectivity index (χ0n) is 13.1. The normalized spacial score (nSPS) is 20.8. The molecular weight excluding hydrogens is 278 g/mol. The van der Waals surface area contributed by atoms with E-state index >= 15 is 0 Å². The average molecular weight is 301 g/mol. The van der Waals surface area contributed by atoms with Gasteiger partial charge < -0.3 is 14.2 Å². The second-order valence-electron chi connectivity index (χ2n) is 5.84. The van der Waals surface area contributed by atoms with E-state index in [1.807, 2.05) is 35.0 Å². The van der Waals surface area contributed by atoms with Crippen LogP contribution in [0.3, 0.4) is 0 Å². The van der Waals surface area contributed by atoms with Crippen LogP contribution in [-0.4, -0.2) is 52.6 Å². The van der Waals surface area contributed by atoms with Crippen LogP contribution in [0.1, 0.15) is 25.3 Å². The molecule has 1 fully saturated rings. The third kappa shape index (κ3) is 3.00. The van der Waals surface area contributed by atoms with Gasteiger partial charge in [0, 0.05) is 37.1 Å². The standard InChI is InChI=1S/C17H23N3O2/c1-13(21)17(18-20-9-5-7-16(20)12-22-2)14-10-15-6-3-4-8-19(15)11-14/h3-4,6,8,10-11,13,16,21H,5,7,9,12H2,1-2H3/b18-17+/t13-,16+/m1/s1. The summed E-state index contributed by atoms with van der Waals surface area (Å²) in [5.41, 5.74) is 2.77. The predicted octanol–water partition coefficient (Wildman–Crippen LogP) is 2.14. The number of pyridine rings is 1. The number of nitrogens with zero attached hydrogens (tertiary/aromatic N) is 3. The second kappa shape index (κ2) is 6.50. The van der Waals surface area contributed by atoms with Crippen LogP contribution < -0.4 is 0 Å². The minimum absolute atomic E-state index is 0.302. The molecule has 1 N–H and O–H groups in total. The highest BCUT2D eigenvalue weighted by molar-refractivity contribution is 6.04. The van der Waals surface area contributed by atoms with Crippen LogP contribution in [0.5, 0.6) is 0 Å². The van der Waals surface area contributed by atoms with E-state index in [1.54, 1.807) is 14.0 Å². The summed E-state index contributed by atoms with van der Waals surface area (Å²) in [7, 11) is 1.72. The zero-order valence-corrected chi connectivity index (χ0v) is 13.1. The van der Waals surface area contributed by atoms with Crippen molar-refractivity contribution in [2.75, 3.05) is 20.3 Å². The number of aliphatic hydroxyl groups excluding tert-OH is 1. The minimum atomic E-state index is -0.610. The van der Waals surface area contributed by atoms with Crippen molar-refractivity contribution in [1.29, 1.82) is 0 Å². The number of hydrazone groups is 1. The van der Waals surface area contributed by atoms with E-state index in [2.05, 4.69) is 11.1 Å². The van der Waals surface area contributed by atoms with Gasteiger partial charge in [-0.3, -0.25) is 5.01 Å². The van der Waals surface area contributed by atoms with Gasteiger partial charge in [-0.1, -0.05) is 6.07 Å². The second-order valence-corrected chi connectivity index (χ2v) is 5.84. The molecule has 2 aromatic heterocycles. The first kappa shape index (κ1) is 15.1. The maximum Gasteiger partial charge on any atom is 0.0975 e. The summed E-state index contributed by atoms with van der Waals surface area (Å²) in [5.74, 6) is 0. The molecule has 1 aliphatic heterocycles. The van der Waals surface area contributed by atoms with Crippen LogP contribution in [0.2, 0.25) is 0 Å². The summed E-state index contributed by atoms with van der Waals surface area (Å²) in [6, 6.07) is 8.41. The Kier molecular flexibility index (Phi) is 4.45. The molecule has 0 amide bonds. The Morgan fingerprint density at radius 2 is 2.36 bits per heavy atom. The quantitative estimate of drug-likeness (QED) is 0.861. The third-order valence-corrected chi connectivity index (χ3v) is 4.14. The number of aliphatic hydroxyl groups is 1. The molecule has 3 heterocycles. The number of hydrogen-bond donors (Lipinski definition) is 1. The third-order valence-electron chi connectivity index (χ3n) is 4.14. The van der Waals surface area contributed by atoms with Crippen LogP contribution in [0, 0.1) is 0 Å². The molecule has 2 aromatic rings. The first-order valence-electron chi connectivity index (χ1n) is 7.78. The Morgan fingerprint density at radius 3 is 3.09 bits per heavy atom. The smallest absolute Gasteiger partial charge is 0.0975 e. The maximum absolute atomic E-state index is 10.2. The number of fused-ring (bicyclic) bond motifs is 1. The van der Waals surface area contributed by atoms with Crippen molar-refractivity contribution < 1.29 is 9.84 Å². The lowest BCUT2D eigenvalue weighted by molar-refractivity contribution is 0.117. The minimum Gasteiger partial charge on any atom is -0.387 e. The summed E-state index contributed by atoms with van der Waals surface area (Å²) in [6.07, 6.45) is 5.61. The van der Waals surface area contributed by atoms with E-state index < -0.39 is 6.10 Å². The highest BCUT2D eigenvalue weighted by Crippen LogP contribution is 2.20. The molecule has 0 bridgehead atoms. The van der Waals surface area contributed by atoms with Gasteiger partial charge >= 0.3 is 0 Å². The Labute approximate surface area is 130 Å². The molecule has 0 aromatic carbocycles. The van der Waals surface area contributed by atoms with E-state index in [0.717, 1.165) is 30.5 Å². The van der Waals surface area contributed by atoms with Gasteiger partial charge in [-0.15, -0.1) is 0 Å². The van der Waals surface area contributed by atoms with Crippen molar-refractivity contribution >= 4 is 11.2 Å². The Hall–Kier alpha value is -1.85. The van der Waals surface area contributed by atoms with Crippen LogP contribution in [-0.2, 0) is 4.74 Å². The molecule has 5 nitrogen and oxygen atoms in total. The summed E-state index contributed by atoms with van der Waals surface area (Å²) in [6.45, 7) is 3.36. The zero-order chi connectivity index (χ0) is 15.5. The largest absolute Gasteiger partial charge is 0.387 e. The van der Waals surface area contributed by atoms with Crippen LogP contribution in [0.15, 0.2) is 41.8 Å². The highest BCUT2D eigenvalue weighted by atomic mass is 16.5. The summed E-state index contributed by atoms with van der Waals surface area (Å²) in [5, 5.41) is 17.0. The predicted molar refractivity (Wildman–Crippen MR) is 87.2 cm³/mol. The molecule has 22 heavy (non-hydrogen) atoms. The Balaban J connectivity index is 1.93. The molecule has 1 saturated heterocycles. The molecule has 0 unspecified atom stereocenters. The SMILES string of the molecule is COC[C@@H]1CCCN1/N=C(/c1cc2ccccn2c1)[C@@H](C)O. The van der Waals surface area contributed by atoms with Gasteiger partial charge in [0.1, 0.15) is 0 Å². The lowest BCUT2D eigenvalue weighted by Crippen LogP contribution is -2.31. The molecule has 3 rings (SSSR count). The fourth-order valence-electron chi connectivity index (χ4n) is 3.03. The van der Waals surface area contributed by atoms with Gasteiger partial charge in [-0.05, 0) is 38.0 Å². The number of rotatable bonds is 5. The molecule has 5 heteroatoms. The lowest BCUT2D eigenvalue weighted by Gasteiger charge is -2.23. The van der Waals surface area contributed by atoms with Crippen molar-refractivity contribution in [2.24, 2.45) is 5.10 Å². The van der Waals surface area contributed by atoms with Gasteiger partial charge in [0.05, 0.1) is 24.5 Å². The van der Waals surface area contributed by atoms with Crippen LogP contribution >= 0.6 is 0 Å². The summed E-state index contributed by atoms with van der Waals surface area (Å²) in [4.78, 5) is 0. The first-order valence-corrected chi connectivity index (χ1v) is 7.78. The summed E-state index contributed by atoms with van der Waals surface area (Å²) < 4.78 is 7.32. The monoisotopic (exact) mass is 301 g/mol. The topological polar surface area (TPSA) is 49.5 Å². The van der Waals surface area contributed by atoms with Crippen molar-refractivity contribution in [3.63, 3.8) is 0 Å². The number of ether oxygens (including phenoxy) is 1. The van der Waals surface area contributed by atoms with Crippen molar-refractivity contribution in [2.45, 2.75) is 31.9 Å². The fraction of sp³-hybridized carbons (Fsp3) is 0.471. The highest BCUT2D eigenvalue weighted by Gasteiger charge is 2.25. The molecule has 0 aliphatic carbocycles.